The molecule has 4 rings (SSSR count). The first kappa shape index (κ1) is 35.6. The molecule has 9 heteroatoms. The van der Waals surface area contributed by atoms with Crippen LogP contribution in [-0.4, -0.2) is 24.2 Å². The van der Waals surface area contributed by atoms with Gasteiger partial charge in [-0.25, -0.2) is 0 Å². The van der Waals surface area contributed by atoms with E-state index >= 15 is 0 Å². The summed E-state index contributed by atoms with van der Waals surface area (Å²) in [4.78, 5) is 4.98. The predicted octanol–water partition coefficient (Wildman–Crippen LogP) is 10.4. The van der Waals surface area contributed by atoms with Crippen LogP contribution in [0.4, 0.5) is 18.9 Å². The average Bonchev–Trinajstić information content (AvgIpc) is 3.55. The van der Waals surface area contributed by atoms with Gasteiger partial charge < -0.3 is 9.80 Å². The van der Waals surface area contributed by atoms with Crippen LogP contribution in [-0.2, 0) is 6.54 Å². The molecule has 1 aliphatic rings. The van der Waals surface area contributed by atoms with Crippen molar-refractivity contribution in [2.24, 2.45) is 0 Å². The highest BCUT2D eigenvalue weighted by molar-refractivity contribution is 7.13. The third-order valence-corrected chi connectivity index (χ3v) is 8.78. The molecule has 2 aromatic carbocycles. The number of anilines is 1. The zero-order chi connectivity index (χ0) is 34.5. The standard InChI is InChI=1S/C39H36F3N5S/c1-3-5-22-46(23-6-4-2)33-16-12-29(13-17-33)14-18-34-20-21-35(48-34)19-15-31-24-37(39(40,41)42)47(28-30-10-8-7-9-11-30)38(36(31)27-45)32(25-43)26-44/h7-21,24H,3-6,22-23,28H2,1-2H3. The van der Waals surface area contributed by atoms with E-state index in [-0.39, 0.29) is 23.4 Å². The van der Waals surface area contributed by atoms with Crippen molar-refractivity contribution in [2.45, 2.75) is 52.3 Å². The SMILES string of the molecule is CCCCN(CCCC)c1ccc(C=Cc2ccc(C=CC3=C(C#N)C(=C(C#N)C#N)N(Cc4ccccc4)C(C(F)(F)F)=C3)s2)cc1. The second kappa shape index (κ2) is 17.0. The maximum atomic E-state index is 14.5. The minimum absolute atomic E-state index is 0.0374. The minimum atomic E-state index is -4.82. The second-order valence-electron chi connectivity index (χ2n) is 11.2. The monoisotopic (exact) mass is 663 g/mol. The molecule has 48 heavy (non-hydrogen) atoms. The van der Waals surface area contributed by atoms with E-state index < -0.39 is 17.4 Å². The summed E-state index contributed by atoms with van der Waals surface area (Å²) in [5.74, 6) is 0. The van der Waals surface area contributed by atoms with Gasteiger partial charge in [-0.3, -0.25) is 0 Å². The van der Waals surface area contributed by atoms with Gasteiger partial charge in [0.1, 0.15) is 23.9 Å². The normalized spacial score (nSPS) is 13.4. The number of benzene rings is 2. The molecule has 0 spiro atoms. The lowest BCUT2D eigenvalue weighted by molar-refractivity contribution is -0.109. The Morgan fingerprint density at radius 2 is 1.42 bits per heavy atom. The van der Waals surface area contributed by atoms with E-state index in [1.165, 1.54) is 23.1 Å². The molecule has 2 heterocycles. The Morgan fingerprint density at radius 3 is 1.96 bits per heavy atom. The highest BCUT2D eigenvalue weighted by Crippen LogP contribution is 2.41. The first-order valence-corrected chi connectivity index (χ1v) is 16.6. The minimum Gasteiger partial charge on any atom is -0.372 e. The number of nitriles is 3. The summed E-state index contributed by atoms with van der Waals surface area (Å²) >= 11 is 1.44. The van der Waals surface area contributed by atoms with Gasteiger partial charge in [0.25, 0.3) is 0 Å². The van der Waals surface area contributed by atoms with Gasteiger partial charge in [0.15, 0.2) is 5.57 Å². The van der Waals surface area contributed by atoms with E-state index in [4.69, 9.17) is 0 Å². The van der Waals surface area contributed by atoms with Crippen LogP contribution in [0.5, 0.6) is 0 Å². The summed E-state index contributed by atoms with van der Waals surface area (Å²) < 4.78 is 43.4. The van der Waals surface area contributed by atoms with Crippen LogP contribution in [0.25, 0.3) is 18.2 Å². The van der Waals surface area contributed by atoms with Gasteiger partial charge in [-0.1, -0.05) is 81.3 Å². The van der Waals surface area contributed by atoms with Gasteiger partial charge in [0.2, 0.25) is 0 Å². The lowest BCUT2D eigenvalue weighted by Crippen LogP contribution is -2.34. The molecule has 0 unspecified atom stereocenters. The molecule has 0 atom stereocenters. The van der Waals surface area contributed by atoms with Crippen molar-refractivity contribution in [1.82, 2.24) is 4.90 Å². The van der Waals surface area contributed by atoms with Crippen molar-refractivity contribution in [3.63, 3.8) is 0 Å². The summed E-state index contributed by atoms with van der Waals surface area (Å²) in [6.07, 6.45) is 7.76. The molecule has 0 fully saturated rings. The van der Waals surface area contributed by atoms with Crippen LogP contribution in [0.1, 0.15) is 60.4 Å². The molecule has 0 amide bonds. The third-order valence-electron chi connectivity index (χ3n) is 7.76. The molecule has 1 aromatic heterocycles. The third kappa shape index (κ3) is 9.16. The van der Waals surface area contributed by atoms with E-state index in [1.54, 1.807) is 48.5 Å². The van der Waals surface area contributed by atoms with Gasteiger partial charge in [0, 0.05) is 35.1 Å². The van der Waals surface area contributed by atoms with E-state index in [9.17, 15) is 29.0 Å². The van der Waals surface area contributed by atoms with E-state index in [2.05, 4.69) is 43.0 Å². The summed E-state index contributed by atoms with van der Waals surface area (Å²) in [6.45, 7) is 6.20. The molecular weight excluding hydrogens is 628 g/mol. The number of unbranched alkanes of at least 4 members (excludes halogenated alkanes) is 2. The Balaban J connectivity index is 1.60. The summed E-state index contributed by atoms with van der Waals surface area (Å²) in [5.41, 5.74) is 0.564. The topological polar surface area (TPSA) is 77.8 Å². The Hall–Kier alpha value is -5.30. The summed E-state index contributed by atoms with van der Waals surface area (Å²) in [7, 11) is 0. The number of hydrogen-bond donors (Lipinski definition) is 0. The molecule has 0 N–H and O–H groups in total. The highest BCUT2D eigenvalue weighted by atomic mass is 32.1. The van der Waals surface area contributed by atoms with Crippen LogP contribution in [0.3, 0.4) is 0 Å². The molecule has 0 saturated carbocycles. The number of rotatable bonds is 13. The molecule has 0 aliphatic carbocycles. The van der Waals surface area contributed by atoms with Crippen molar-refractivity contribution in [3.8, 4) is 18.2 Å². The smallest absolute Gasteiger partial charge is 0.372 e. The molecule has 0 radical (unpaired) electrons. The van der Waals surface area contributed by atoms with Crippen molar-refractivity contribution < 1.29 is 13.2 Å². The van der Waals surface area contributed by atoms with Crippen LogP contribution in [0.2, 0.25) is 0 Å². The first-order chi connectivity index (χ1) is 23.2. The van der Waals surface area contributed by atoms with Gasteiger partial charge in [-0.2, -0.15) is 29.0 Å². The lowest BCUT2D eigenvalue weighted by atomic mass is 9.94. The number of nitrogens with zero attached hydrogens (tertiary/aromatic N) is 5. The van der Waals surface area contributed by atoms with Crippen LogP contribution in [0, 0.1) is 34.0 Å². The molecule has 244 valence electrons. The quantitative estimate of drug-likeness (QED) is 0.170. The van der Waals surface area contributed by atoms with Gasteiger partial charge >= 0.3 is 6.18 Å². The molecule has 1 aliphatic heterocycles. The van der Waals surface area contributed by atoms with Crippen molar-refractivity contribution in [1.29, 1.82) is 15.8 Å². The number of halogens is 3. The lowest BCUT2D eigenvalue weighted by Gasteiger charge is -2.34. The Morgan fingerprint density at radius 1 is 0.812 bits per heavy atom. The van der Waals surface area contributed by atoms with Crippen molar-refractivity contribution in [2.75, 3.05) is 18.0 Å². The van der Waals surface area contributed by atoms with Gasteiger partial charge in [0.05, 0.1) is 11.3 Å². The van der Waals surface area contributed by atoms with E-state index in [1.807, 2.05) is 30.4 Å². The summed E-state index contributed by atoms with van der Waals surface area (Å²) in [5, 5.41) is 29.5. The maximum Gasteiger partial charge on any atom is 0.431 e. The van der Waals surface area contributed by atoms with Gasteiger partial charge in [-0.15, -0.1) is 11.3 Å². The maximum absolute atomic E-state index is 14.5. The Bertz CT molecular complexity index is 1820. The average molecular weight is 664 g/mol. The fraction of sp³-hybridized carbons (Fsp3) is 0.256. The Labute approximate surface area is 284 Å². The fourth-order valence-electron chi connectivity index (χ4n) is 5.26. The second-order valence-corrected chi connectivity index (χ2v) is 12.3. The number of thiophene rings is 1. The summed E-state index contributed by atoms with van der Waals surface area (Å²) in [6, 6.07) is 26.0. The number of hydrogen-bond acceptors (Lipinski definition) is 6. The van der Waals surface area contributed by atoms with Crippen molar-refractivity contribution >= 4 is 35.3 Å². The van der Waals surface area contributed by atoms with Crippen LogP contribution < -0.4 is 4.90 Å². The molecular formula is C39H36F3N5S. The predicted molar refractivity (Wildman–Crippen MR) is 188 cm³/mol. The first-order valence-electron chi connectivity index (χ1n) is 15.8. The molecule has 3 aromatic rings. The fourth-order valence-corrected chi connectivity index (χ4v) is 6.07. The van der Waals surface area contributed by atoms with Crippen LogP contribution >= 0.6 is 11.3 Å². The number of allylic oxidation sites excluding steroid dienone is 6. The largest absolute Gasteiger partial charge is 0.431 e. The van der Waals surface area contributed by atoms with E-state index in [0.717, 1.165) is 65.1 Å². The van der Waals surface area contributed by atoms with E-state index in [0.29, 0.717) is 5.56 Å². The Kier molecular flexibility index (Phi) is 12.6. The zero-order valence-corrected chi connectivity index (χ0v) is 27.8. The molecule has 0 saturated heterocycles. The number of alkyl halides is 3. The van der Waals surface area contributed by atoms with Crippen molar-refractivity contribution in [3.05, 3.63) is 128 Å². The zero-order valence-electron chi connectivity index (χ0n) is 27.0. The van der Waals surface area contributed by atoms with Crippen LogP contribution in [0.15, 0.2) is 107 Å². The van der Waals surface area contributed by atoms with Gasteiger partial charge in [-0.05, 0) is 72.0 Å². The molecule has 5 nitrogen and oxygen atoms in total. The highest BCUT2D eigenvalue weighted by Gasteiger charge is 2.43. The molecule has 0 bridgehead atoms.